The third-order valence-corrected chi connectivity index (χ3v) is 5.79. The minimum atomic E-state index is 0.0386. The lowest BCUT2D eigenvalue weighted by Gasteiger charge is -2.23. The van der Waals surface area contributed by atoms with Gasteiger partial charge in [0.1, 0.15) is 5.82 Å². The first kappa shape index (κ1) is 19.1. The summed E-state index contributed by atoms with van der Waals surface area (Å²) in [5, 5.41) is 4.49. The number of amides is 1. The highest BCUT2D eigenvalue weighted by molar-refractivity contribution is 6.35. The number of imidazole rings is 1. The van der Waals surface area contributed by atoms with E-state index in [0.717, 1.165) is 48.5 Å². The number of nitrogens with zero attached hydrogens (tertiary/aromatic N) is 2. The van der Waals surface area contributed by atoms with E-state index < -0.39 is 0 Å². The Morgan fingerprint density at radius 3 is 2.86 bits per heavy atom. The van der Waals surface area contributed by atoms with E-state index in [1.165, 1.54) is 0 Å². The molecule has 0 radical (unpaired) electrons. The molecule has 2 heterocycles. The first-order valence-corrected chi connectivity index (χ1v) is 10.2. The molecule has 2 aromatic rings. The number of nitrogens with one attached hydrogen (secondary N) is 2. The van der Waals surface area contributed by atoms with Gasteiger partial charge in [0.2, 0.25) is 0 Å². The van der Waals surface area contributed by atoms with Crippen molar-refractivity contribution in [3.63, 3.8) is 0 Å². The molecule has 0 bridgehead atoms. The van der Waals surface area contributed by atoms with Crippen LogP contribution in [0.4, 0.5) is 0 Å². The van der Waals surface area contributed by atoms with Crippen LogP contribution in [-0.2, 0) is 11.3 Å². The number of carbonyl (C=O) groups is 1. The zero-order chi connectivity index (χ0) is 19.7. The summed E-state index contributed by atoms with van der Waals surface area (Å²) in [6.45, 7) is 6.31. The van der Waals surface area contributed by atoms with E-state index in [-0.39, 0.29) is 11.8 Å². The van der Waals surface area contributed by atoms with Gasteiger partial charge in [-0.2, -0.15) is 0 Å². The molecule has 1 aromatic heterocycles. The molecule has 1 saturated heterocycles. The number of hydrogen-bond donors (Lipinski definition) is 2. The maximum absolute atomic E-state index is 12.6. The second-order valence-electron chi connectivity index (χ2n) is 7.20. The lowest BCUT2D eigenvalue weighted by atomic mass is 9.93. The van der Waals surface area contributed by atoms with Crippen molar-refractivity contribution < 1.29 is 4.79 Å². The smallest absolute Gasteiger partial charge is 0.255 e. The summed E-state index contributed by atoms with van der Waals surface area (Å²) in [7, 11) is 0. The standard InChI is InChI=1S/C21H22Cl2N4O/c1-13(24-12-20-25-18-7-5-15(22)11-19(18)26-20)14-4-6-16(17(23)10-14)21(28)27-8-2-3-9-27/h5-7,10-11,14,24H,1-4,8-9,12H2,(H,25,26). The molecule has 1 aliphatic carbocycles. The Bertz CT molecular complexity index is 985. The Kier molecular flexibility index (Phi) is 5.47. The van der Waals surface area contributed by atoms with Crippen molar-refractivity contribution in [3.05, 3.63) is 64.1 Å². The third-order valence-electron chi connectivity index (χ3n) is 5.23. The minimum Gasteiger partial charge on any atom is -0.381 e. The molecule has 0 spiro atoms. The molecule has 4 rings (SSSR count). The lowest BCUT2D eigenvalue weighted by molar-refractivity contribution is -0.125. The monoisotopic (exact) mass is 416 g/mol. The van der Waals surface area contributed by atoms with Crippen LogP contribution in [0.1, 0.15) is 25.1 Å². The van der Waals surface area contributed by atoms with Crippen molar-refractivity contribution in [1.29, 1.82) is 0 Å². The normalized spacial score (nSPS) is 19.5. The van der Waals surface area contributed by atoms with Crippen molar-refractivity contribution in [1.82, 2.24) is 20.2 Å². The number of fused-ring (bicyclic) bond motifs is 1. The van der Waals surface area contributed by atoms with Gasteiger partial charge in [0, 0.05) is 34.8 Å². The van der Waals surface area contributed by atoms with E-state index in [1.807, 2.05) is 35.3 Å². The van der Waals surface area contributed by atoms with E-state index in [0.29, 0.717) is 28.6 Å². The van der Waals surface area contributed by atoms with Gasteiger partial charge in [-0.05, 0) is 37.5 Å². The Labute approximate surface area is 174 Å². The average molecular weight is 417 g/mol. The van der Waals surface area contributed by atoms with Gasteiger partial charge in [0.15, 0.2) is 0 Å². The lowest BCUT2D eigenvalue weighted by Crippen LogP contribution is -2.30. The zero-order valence-corrected chi connectivity index (χ0v) is 17.0. The van der Waals surface area contributed by atoms with Crippen LogP contribution in [0, 0.1) is 5.92 Å². The van der Waals surface area contributed by atoms with Crippen LogP contribution in [0.3, 0.4) is 0 Å². The van der Waals surface area contributed by atoms with Crippen LogP contribution < -0.4 is 5.32 Å². The molecule has 1 aromatic carbocycles. The number of aromatic nitrogens is 2. The second kappa shape index (κ2) is 8.02. The Morgan fingerprint density at radius 1 is 1.32 bits per heavy atom. The largest absolute Gasteiger partial charge is 0.381 e. The molecule has 1 aliphatic heterocycles. The highest BCUT2D eigenvalue weighted by Crippen LogP contribution is 2.30. The van der Waals surface area contributed by atoms with Crippen molar-refractivity contribution in [2.45, 2.75) is 25.8 Å². The highest BCUT2D eigenvalue weighted by atomic mass is 35.5. The predicted molar refractivity (Wildman–Crippen MR) is 113 cm³/mol. The summed E-state index contributed by atoms with van der Waals surface area (Å²) in [4.78, 5) is 22.3. The molecule has 2 aliphatic rings. The molecule has 146 valence electrons. The van der Waals surface area contributed by atoms with Gasteiger partial charge in [-0.15, -0.1) is 0 Å². The molecular formula is C21H22Cl2N4O. The van der Waals surface area contributed by atoms with Gasteiger partial charge in [0.05, 0.1) is 23.2 Å². The molecule has 0 saturated carbocycles. The van der Waals surface area contributed by atoms with Gasteiger partial charge in [0.25, 0.3) is 5.91 Å². The fraction of sp³-hybridized carbons (Fsp3) is 0.333. The number of rotatable bonds is 5. The van der Waals surface area contributed by atoms with Crippen LogP contribution in [0.15, 0.2) is 53.2 Å². The van der Waals surface area contributed by atoms with Crippen LogP contribution in [0.2, 0.25) is 5.02 Å². The number of hydrogen-bond acceptors (Lipinski definition) is 3. The summed E-state index contributed by atoms with van der Waals surface area (Å²) >= 11 is 12.4. The van der Waals surface area contributed by atoms with Crippen molar-refractivity contribution >= 4 is 40.1 Å². The first-order valence-electron chi connectivity index (χ1n) is 9.45. The summed E-state index contributed by atoms with van der Waals surface area (Å²) < 4.78 is 0. The van der Waals surface area contributed by atoms with Crippen LogP contribution in [-0.4, -0.2) is 33.9 Å². The third kappa shape index (κ3) is 3.96. The van der Waals surface area contributed by atoms with Crippen molar-refractivity contribution in [3.8, 4) is 0 Å². The van der Waals surface area contributed by atoms with Gasteiger partial charge in [-0.1, -0.05) is 41.9 Å². The summed E-state index contributed by atoms with van der Waals surface area (Å²) in [6, 6.07) is 5.58. The van der Waals surface area contributed by atoms with E-state index >= 15 is 0 Å². The van der Waals surface area contributed by atoms with Gasteiger partial charge >= 0.3 is 0 Å². The Balaban J connectivity index is 1.37. The van der Waals surface area contributed by atoms with E-state index in [2.05, 4.69) is 21.9 Å². The maximum Gasteiger partial charge on any atom is 0.255 e. The number of halogens is 2. The van der Waals surface area contributed by atoms with Crippen molar-refractivity contribution in [2.24, 2.45) is 5.92 Å². The second-order valence-corrected chi connectivity index (χ2v) is 8.04. The average Bonchev–Trinajstić information content (AvgIpc) is 3.34. The molecule has 1 atom stereocenters. The highest BCUT2D eigenvalue weighted by Gasteiger charge is 2.26. The van der Waals surface area contributed by atoms with Gasteiger partial charge in [-0.3, -0.25) is 4.79 Å². The van der Waals surface area contributed by atoms with E-state index in [1.54, 1.807) is 0 Å². The topological polar surface area (TPSA) is 61.0 Å². The molecule has 28 heavy (non-hydrogen) atoms. The minimum absolute atomic E-state index is 0.0386. The molecule has 7 heteroatoms. The Hall–Kier alpha value is -2.24. The SMILES string of the molecule is C=C(NCc1nc2cc(Cl)ccc2[nH]1)C1C=C(Cl)C(C(=O)N2CCCC2)=CC1. The van der Waals surface area contributed by atoms with Crippen LogP contribution >= 0.6 is 23.2 Å². The molecular weight excluding hydrogens is 395 g/mol. The number of likely N-dealkylation sites (tertiary alicyclic amines) is 1. The molecule has 1 amide bonds. The number of carbonyl (C=O) groups excluding carboxylic acids is 1. The van der Waals surface area contributed by atoms with E-state index in [9.17, 15) is 4.79 Å². The van der Waals surface area contributed by atoms with Crippen molar-refractivity contribution in [2.75, 3.05) is 13.1 Å². The summed E-state index contributed by atoms with van der Waals surface area (Å²) in [6.07, 6.45) is 6.68. The fourth-order valence-corrected chi connectivity index (χ4v) is 4.12. The number of H-pyrrole nitrogens is 1. The van der Waals surface area contributed by atoms with Gasteiger partial charge < -0.3 is 15.2 Å². The molecule has 2 N–H and O–H groups in total. The quantitative estimate of drug-likeness (QED) is 0.753. The zero-order valence-electron chi connectivity index (χ0n) is 15.5. The molecule has 1 unspecified atom stereocenters. The van der Waals surface area contributed by atoms with Gasteiger partial charge in [-0.25, -0.2) is 4.98 Å². The summed E-state index contributed by atoms with van der Waals surface area (Å²) in [5.41, 5.74) is 3.24. The molecule has 5 nitrogen and oxygen atoms in total. The van der Waals surface area contributed by atoms with Crippen LogP contribution in [0.25, 0.3) is 11.0 Å². The van der Waals surface area contributed by atoms with E-state index in [4.69, 9.17) is 23.2 Å². The Morgan fingerprint density at radius 2 is 2.11 bits per heavy atom. The number of benzene rings is 1. The number of allylic oxidation sites excluding steroid dienone is 2. The predicted octanol–water partition coefficient (Wildman–Crippen LogP) is 4.51. The van der Waals surface area contributed by atoms with Crippen LogP contribution in [0.5, 0.6) is 0 Å². The maximum atomic E-state index is 12.6. The molecule has 1 fully saturated rings. The first-order chi connectivity index (χ1) is 13.5. The number of aromatic amines is 1. The fourth-order valence-electron chi connectivity index (χ4n) is 3.64. The summed E-state index contributed by atoms with van der Waals surface area (Å²) in [5.74, 6) is 0.892.